The first kappa shape index (κ1) is 14.4. The zero-order valence-corrected chi connectivity index (χ0v) is 10.6. The highest BCUT2D eigenvalue weighted by atomic mass is 16.4. The van der Waals surface area contributed by atoms with E-state index in [-0.39, 0.29) is 5.91 Å². The van der Waals surface area contributed by atoms with E-state index in [0.717, 1.165) is 12.2 Å². The third-order valence-electron chi connectivity index (χ3n) is 2.35. The second kappa shape index (κ2) is 6.34. The van der Waals surface area contributed by atoms with Gasteiger partial charge in [0.05, 0.1) is 0 Å². The number of benzene rings is 1. The average molecular weight is 262 g/mol. The Bertz CT molecular complexity index is 537. The molecule has 0 radical (unpaired) electrons. The van der Waals surface area contributed by atoms with Gasteiger partial charge in [0.2, 0.25) is 11.8 Å². The Morgan fingerprint density at radius 1 is 1.26 bits per heavy atom. The van der Waals surface area contributed by atoms with Crippen molar-refractivity contribution in [3.8, 4) is 0 Å². The maximum atomic E-state index is 11.4. The van der Waals surface area contributed by atoms with Crippen molar-refractivity contribution in [1.82, 2.24) is 0 Å². The van der Waals surface area contributed by atoms with Crippen LogP contribution in [0.1, 0.15) is 6.92 Å². The molecule has 0 aliphatic heterocycles. The number of amides is 2. The SMILES string of the molecule is CC(=O)N(C)c1cccc(NC(=O)/C=C/C(=O)O)c1. The summed E-state index contributed by atoms with van der Waals surface area (Å²) in [6, 6.07) is 6.67. The van der Waals surface area contributed by atoms with E-state index < -0.39 is 11.9 Å². The lowest BCUT2D eigenvalue weighted by Gasteiger charge is -2.15. The Labute approximate surface area is 110 Å². The van der Waals surface area contributed by atoms with Crippen molar-refractivity contribution in [2.75, 3.05) is 17.3 Å². The maximum Gasteiger partial charge on any atom is 0.328 e. The van der Waals surface area contributed by atoms with Gasteiger partial charge in [-0.2, -0.15) is 0 Å². The first-order chi connectivity index (χ1) is 8.90. The van der Waals surface area contributed by atoms with Gasteiger partial charge in [-0.25, -0.2) is 4.79 Å². The Morgan fingerprint density at radius 2 is 1.95 bits per heavy atom. The lowest BCUT2D eigenvalue weighted by atomic mass is 10.2. The van der Waals surface area contributed by atoms with Crippen molar-refractivity contribution in [3.63, 3.8) is 0 Å². The summed E-state index contributed by atoms with van der Waals surface area (Å²) in [6.07, 6.45) is 1.67. The van der Waals surface area contributed by atoms with Crippen LogP contribution in [0.5, 0.6) is 0 Å². The number of hydrogen-bond donors (Lipinski definition) is 2. The number of rotatable bonds is 4. The molecule has 0 saturated carbocycles. The molecule has 0 aromatic heterocycles. The van der Waals surface area contributed by atoms with Gasteiger partial charge in [-0.05, 0) is 18.2 Å². The van der Waals surface area contributed by atoms with Gasteiger partial charge in [0.1, 0.15) is 0 Å². The zero-order valence-electron chi connectivity index (χ0n) is 10.6. The summed E-state index contributed by atoms with van der Waals surface area (Å²) in [6.45, 7) is 1.43. The van der Waals surface area contributed by atoms with Crippen LogP contribution in [-0.4, -0.2) is 29.9 Å². The molecule has 0 heterocycles. The molecule has 100 valence electrons. The van der Waals surface area contributed by atoms with E-state index in [1.807, 2.05) is 0 Å². The van der Waals surface area contributed by atoms with E-state index in [1.165, 1.54) is 11.8 Å². The number of carboxylic acids is 1. The van der Waals surface area contributed by atoms with Gasteiger partial charge >= 0.3 is 5.97 Å². The summed E-state index contributed by atoms with van der Waals surface area (Å²) in [4.78, 5) is 34.3. The summed E-state index contributed by atoms with van der Waals surface area (Å²) in [5, 5.41) is 10.9. The van der Waals surface area contributed by atoms with Crippen molar-refractivity contribution in [3.05, 3.63) is 36.4 Å². The molecule has 1 aromatic carbocycles. The first-order valence-electron chi connectivity index (χ1n) is 5.46. The second-order valence-electron chi connectivity index (χ2n) is 3.79. The van der Waals surface area contributed by atoms with Crippen LogP contribution in [0.25, 0.3) is 0 Å². The quantitative estimate of drug-likeness (QED) is 0.799. The Hall–Kier alpha value is -2.63. The lowest BCUT2D eigenvalue weighted by Crippen LogP contribution is -2.22. The van der Waals surface area contributed by atoms with E-state index in [4.69, 9.17) is 5.11 Å². The molecule has 1 aromatic rings. The number of nitrogens with zero attached hydrogens (tertiary/aromatic N) is 1. The predicted octanol–water partition coefficient (Wildman–Crippen LogP) is 1.25. The Kier molecular flexibility index (Phi) is 4.82. The highest BCUT2D eigenvalue weighted by Gasteiger charge is 2.06. The molecule has 0 saturated heterocycles. The molecule has 0 unspecified atom stereocenters. The zero-order chi connectivity index (χ0) is 14.4. The number of anilines is 2. The monoisotopic (exact) mass is 262 g/mol. The van der Waals surface area contributed by atoms with E-state index in [2.05, 4.69) is 5.32 Å². The minimum atomic E-state index is -1.19. The fraction of sp³-hybridized carbons (Fsp3) is 0.154. The largest absolute Gasteiger partial charge is 0.478 e. The fourth-order valence-electron chi connectivity index (χ4n) is 1.31. The topological polar surface area (TPSA) is 86.7 Å². The van der Waals surface area contributed by atoms with Gasteiger partial charge in [-0.15, -0.1) is 0 Å². The lowest BCUT2D eigenvalue weighted by molar-refractivity contribution is -0.131. The molecule has 6 heteroatoms. The standard InChI is InChI=1S/C13H14N2O4/c1-9(16)15(2)11-5-3-4-10(8-11)14-12(17)6-7-13(18)19/h3-8H,1-2H3,(H,14,17)(H,18,19)/b7-6+. The van der Waals surface area contributed by atoms with Crippen LogP contribution < -0.4 is 10.2 Å². The third kappa shape index (κ3) is 4.63. The highest BCUT2D eigenvalue weighted by molar-refractivity contribution is 6.02. The molecule has 0 bridgehead atoms. The summed E-state index contributed by atoms with van der Waals surface area (Å²) in [7, 11) is 1.62. The van der Waals surface area contributed by atoms with Crippen LogP contribution in [0, 0.1) is 0 Å². The van der Waals surface area contributed by atoms with E-state index in [0.29, 0.717) is 11.4 Å². The molecule has 6 nitrogen and oxygen atoms in total. The van der Waals surface area contributed by atoms with Crippen LogP contribution in [0.15, 0.2) is 36.4 Å². The minimum absolute atomic E-state index is 0.130. The maximum absolute atomic E-state index is 11.4. The third-order valence-corrected chi connectivity index (χ3v) is 2.35. The predicted molar refractivity (Wildman–Crippen MR) is 70.9 cm³/mol. The number of aliphatic carboxylic acids is 1. The van der Waals surface area contributed by atoms with Crippen molar-refractivity contribution >= 4 is 29.2 Å². The molecule has 19 heavy (non-hydrogen) atoms. The summed E-state index contributed by atoms with van der Waals surface area (Å²) in [5.74, 6) is -1.88. The van der Waals surface area contributed by atoms with Crippen molar-refractivity contribution < 1.29 is 19.5 Å². The molecular weight excluding hydrogens is 248 g/mol. The summed E-state index contributed by atoms with van der Waals surface area (Å²) in [5.41, 5.74) is 1.11. The van der Waals surface area contributed by atoms with Crippen molar-refractivity contribution in [2.45, 2.75) is 6.92 Å². The van der Waals surface area contributed by atoms with Gasteiger partial charge in [0, 0.05) is 37.5 Å². The molecule has 0 atom stereocenters. The van der Waals surface area contributed by atoms with Gasteiger partial charge < -0.3 is 15.3 Å². The molecule has 0 spiro atoms. The van der Waals surface area contributed by atoms with Gasteiger partial charge in [-0.1, -0.05) is 6.07 Å². The summed E-state index contributed by atoms with van der Waals surface area (Å²) >= 11 is 0. The van der Waals surface area contributed by atoms with Gasteiger partial charge in [0.25, 0.3) is 0 Å². The van der Waals surface area contributed by atoms with Crippen LogP contribution in [0.3, 0.4) is 0 Å². The molecule has 0 aliphatic carbocycles. The smallest absolute Gasteiger partial charge is 0.328 e. The van der Waals surface area contributed by atoms with E-state index >= 15 is 0 Å². The Balaban J connectivity index is 2.80. The van der Waals surface area contributed by atoms with Gasteiger partial charge in [0.15, 0.2) is 0 Å². The minimum Gasteiger partial charge on any atom is -0.478 e. The molecule has 2 amide bonds. The van der Waals surface area contributed by atoms with Crippen LogP contribution in [-0.2, 0) is 14.4 Å². The fourth-order valence-corrected chi connectivity index (χ4v) is 1.31. The number of carboxylic acid groups (broad SMARTS) is 1. The van der Waals surface area contributed by atoms with E-state index in [9.17, 15) is 14.4 Å². The number of nitrogens with one attached hydrogen (secondary N) is 1. The number of carbonyl (C=O) groups is 3. The van der Waals surface area contributed by atoms with Crippen LogP contribution >= 0.6 is 0 Å². The van der Waals surface area contributed by atoms with Crippen LogP contribution in [0.4, 0.5) is 11.4 Å². The number of carbonyl (C=O) groups excluding carboxylic acids is 2. The number of hydrogen-bond acceptors (Lipinski definition) is 3. The van der Waals surface area contributed by atoms with E-state index in [1.54, 1.807) is 31.3 Å². The van der Waals surface area contributed by atoms with Crippen LogP contribution in [0.2, 0.25) is 0 Å². The van der Waals surface area contributed by atoms with Gasteiger partial charge in [-0.3, -0.25) is 9.59 Å². The molecular formula is C13H14N2O4. The Morgan fingerprint density at radius 3 is 2.53 bits per heavy atom. The molecule has 2 N–H and O–H groups in total. The average Bonchev–Trinajstić information content (AvgIpc) is 2.35. The highest BCUT2D eigenvalue weighted by Crippen LogP contribution is 2.18. The second-order valence-corrected chi connectivity index (χ2v) is 3.79. The summed E-state index contributed by atoms with van der Waals surface area (Å²) < 4.78 is 0. The molecule has 0 fully saturated rings. The molecule has 1 rings (SSSR count). The van der Waals surface area contributed by atoms with Crippen molar-refractivity contribution in [2.24, 2.45) is 0 Å². The van der Waals surface area contributed by atoms with Crippen molar-refractivity contribution in [1.29, 1.82) is 0 Å². The normalized spacial score (nSPS) is 10.2. The molecule has 0 aliphatic rings. The first-order valence-corrected chi connectivity index (χ1v) is 5.46.